The van der Waals surface area contributed by atoms with Crippen LogP contribution < -0.4 is 24.7 Å². The molecule has 1 amide bonds. The van der Waals surface area contributed by atoms with Gasteiger partial charge in [-0.2, -0.15) is 0 Å². The lowest BCUT2D eigenvalue weighted by atomic mass is 10.00. The highest BCUT2D eigenvalue weighted by molar-refractivity contribution is 6.47. The summed E-state index contributed by atoms with van der Waals surface area (Å²) in [6, 6.07) is 21.2. The summed E-state index contributed by atoms with van der Waals surface area (Å²) in [4.78, 5) is 41.5. The zero-order chi connectivity index (χ0) is 29.1. The van der Waals surface area contributed by atoms with E-state index >= 15 is 0 Å². The van der Waals surface area contributed by atoms with Crippen molar-refractivity contribution in [3.63, 3.8) is 0 Å². The molecule has 0 bridgehead atoms. The number of benzene rings is 2. The topological polar surface area (TPSA) is 88.9 Å². The van der Waals surface area contributed by atoms with Crippen LogP contribution in [0.3, 0.4) is 0 Å². The molecule has 212 valence electrons. The normalized spacial score (nSPS) is 13.2. The van der Waals surface area contributed by atoms with Crippen molar-refractivity contribution in [1.29, 1.82) is 0 Å². The van der Waals surface area contributed by atoms with Crippen LogP contribution in [0.15, 0.2) is 66.7 Å². The van der Waals surface area contributed by atoms with Crippen LogP contribution in [-0.4, -0.2) is 61.8 Å². The van der Waals surface area contributed by atoms with Gasteiger partial charge >= 0.3 is 0 Å². The van der Waals surface area contributed by atoms with Crippen LogP contribution >= 0.6 is 0 Å². The lowest BCUT2D eigenvalue weighted by Crippen LogP contribution is -2.46. The molecule has 0 atom stereocenters. The molecule has 2 aromatic carbocycles. The predicted octanol–water partition coefficient (Wildman–Crippen LogP) is 4.69. The molecule has 1 aliphatic rings. The largest absolute Gasteiger partial charge is 0.480 e. The zero-order valence-corrected chi connectivity index (χ0v) is 24.1. The molecule has 1 saturated heterocycles. The second kappa shape index (κ2) is 11.8. The third-order valence-corrected chi connectivity index (χ3v) is 7.36. The molecule has 0 saturated carbocycles. The second-order valence-corrected chi connectivity index (χ2v) is 10.1. The lowest BCUT2D eigenvalue weighted by Gasteiger charge is -2.37. The van der Waals surface area contributed by atoms with Crippen molar-refractivity contribution in [3.8, 4) is 17.0 Å². The summed E-state index contributed by atoms with van der Waals surface area (Å²) >= 11 is 0. The number of aryl methyl sites for hydroxylation is 2. The van der Waals surface area contributed by atoms with Gasteiger partial charge in [-0.15, -0.1) is 4.73 Å². The highest BCUT2D eigenvalue weighted by atomic mass is 16.7. The Morgan fingerprint density at radius 1 is 0.854 bits per heavy atom. The molecular formula is C32H35N5O4. The van der Waals surface area contributed by atoms with Crippen LogP contribution in [0.4, 0.5) is 17.2 Å². The number of pyridine rings is 1. The third kappa shape index (κ3) is 5.61. The van der Waals surface area contributed by atoms with E-state index in [0.717, 1.165) is 48.9 Å². The maximum absolute atomic E-state index is 13.5. The highest BCUT2D eigenvalue weighted by Gasteiger charge is 2.31. The minimum Gasteiger partial charge on any atom is -0.480 e. The summed E-state index contributed by atoms with van der Waals surface area (Å²) in [5, 5.41) is 2.75. The smallest absolute Gasteiger partial charge is 0.298 e. The number of ether oxygens (including phenoxy) is 1. The molecule has 1 N–H and O–H groups in total. The van der Waals surface area contributed by atoms with Crippen LogP contribution in [0, 0.1) is 20.8 Å². The number of carbonyl (C=O) groups is 2. The molecule has 4 aromatic rings. The van der Waals surface area contributed by atoms with Crippen LogP contribution in [0.1, 0.15) is 27.3 Å². The number of carbonyl (C=O) groups excluding carboxylic acids is 2. The first kappa shape index (κ1) is 27.8. The van der Waals surface area contributed by atoms with Gasteiger partial charge in [0, 0.05) is 54.4 Å². The third-order valence-electron chi connectivity index (χ3n) is 7.36. The Balaban J connectivity index is 1.29. The van der Waals surface area contributed by atoms with Gasteiger partial charge in [0.1, 0.15) is 18.6 Å². The summed E-state index contributed by atoms with van der Waals surface area (Å²) in [7, 11) is 2.94. The summed E-state index contributed by atoms with van der Waals surface area (Å²) in [5.74, 6) is -0.103. The van der Waals surface area contributed by atoms with Crippen molar-refractivity contribution in [2.75, 3.05) is 55.5 Å². The average Bonchev–Trinajstić information content (AvgIpc) is 3.28. The molecule has 1 aliphatic heterocycles. The summed E-state index contributed by atoms with van der Waals surface area (Å²) in [6.45, 7) is 9.41. The van der Waals surface area contributed by atoms with E-state index in [1.54, 1.807) is 0 Å². The Hall–Kier alpha value is -4.79. The van der Waals surface area contributed by atoms with E-state index in [-0.39, 0.29) is 5.69 Å². The number of hydrogen-bond donors (Lipinski definition) is 1. The Bertz CT molecular complexity index is 1540. The maximum Gasteiger partial charge on any atom is 0.298 e. The molecule has 0 spiro atoms. The molecule has 0 unspecified atom stereocenters. The number of methoxy groups -OCH3 is 1. The summed E-state index contributed by atoms with van der Waals surface area (Å²) in [5.41, 5.74) is 6.02. The van der Waals surface area contributed by atoms with E-state index < -0.39 is 11.7 Å². The quantitative estimate of drug-likeness (QED) is 0.250. The van der Waals surface area contributed by atoms with Crippen molar-refractivity contribution in [2.45, 2.75) is 20.8 Å². The van der Waals surface area contributed by atoms with Crippen molar-refractivity contribution in [1.82, 2.24) is 9.71 Å². The number of Topliss-reactive ketones (excluding diaryl/α,β-unsaturated/α-hetero) is 1. The molecule has 1 fully saturated rings. The number of aromatic nitrogens is 2. The zero-order valence-electron chi connectivity index (χ0n) is 24.1. The molecule has 9 nitrogen and oxygen atoms in total. The molecule has 5 rings (SSSR count). The Morgan fingerprint density at radius 3 is 2.12 bits per heavy atom. The molecule has 3 heterocycles. The second-order valence-electron chi connectivity index (χ2n) is 10.1. The van der Waals surface area contributed by atoms with E-state index in [9.17, 15) is 9.59 Å². The van der Waals surface area contributed by atoms with Crippen LogP contribution in [-0.2, 0) is 4.79 Å². The van der Waals surface area contributed by atoms with Gasteiger partial charge in [0.2, 0.25) is 5.88 Å². The number of piperazine rings is 1. The number of nitrogens with zero attached hydrogens (tertiary/aromatic N) is 4. The van der Waals surface area contributed by atoms with Crippen LogP contribution in [0.25, 0.3) is 11.1 Å². The molecule has 2 aromatic heterocycles. The van der Waals surface area contributed by atoms with E-state index in [1.165, 1.54) is 24.5 Å². The van der Waals surface area contributed by atoms with E-state index in [1.807, 2.05) is 68.4 Å². The van der Waals surface area contributed by atoms with E-state index in [0.29, 0.717) is 22.7 Å². The molecule has 41 heavy (non-hydrogen) atoms. The van der Waals surface area contributed by atoms with Gasteiger partial charge in [-0.25, -0.2) is 4.98 Å². The fraction of sp³-hybridized carbons (Fsp3) is 0.281. The van der Waals surface area contributed by atoms with Gasteiger partial charge in [0.15, 0.2) is 0 Å². The predicted molar refractivity (Wildman–Crippen MR) is 161 cm³/mol. The van der Waals surface area contributed by atoms with Crippen molar-refractivity contribution >= 4 is 28.9 Å². The number of rotatable bonds is 8. The Kier molecular flexibility index (Phi) is 7.96. The van der Waals surface area contributed by atoms with Gasteiger partial charge in [0.05, 0.1) is 7.11 Å². The first-order valence-corrected chi connectivity index (χ1v) is 13.6. The van der Waals surface area contributed by atoms with Gasteiger partial charge in [-0.05, 0) is 68.3 Å². The van der Waals surface area contributed by atoms with Crippen LogP contribution in [0.2, 0.25) is 0 Å². The SMILES string of the molecule is COc1c(C)c(-c2ccccc2)c(C(=O)C(=O)Nc2ccc(N3CCN(c4cc(C)cc(C)n4)CC3)cc2)n1OC. The lowest BCUT2D eigenvalue weighted by molar-refractivity contribution is -0.112. The van der Waals surface area contributed by atoms with Crippen molar-refractivity contribution in [3.05, 3.63) is 89.2 Å². The van der Waals surface area contributed by atoms with E-state index in [4.69, 9.17) is 14.6 Å². The van der Waals surface area contributed by atoms with Gasteiger partial charge in [0.25, 0.3) is 11.7 Å². The number of amides is 1. The van der Waals surface area contributed by atoms with E-state index in [2.05, 4.69) is 34.2 Å². The summed E-state index contributed by atoms with van der Waals surface area (Å²) in [6.07, 6.45) is 0. The van der Waals surface area contributed by atoms with Crippen LogP contribution in [0.5, 0.6) is 5.88 Å². The highest BCUT2D eigenvalue weighted by Crippen LogP contribution is 2.36. The number of anilines is 3. The minimum absolute atomic E-state index is 0.110. The fourth-order valence-corrected chi connectivity index (χ4v) is 5.44. The molecular weight excluding hydrogens is 518 g/mol. The maximum atomic E-state index is 13.5. The number of hydrogen-bond acceptors (Lipinski definition) is 7. The number of ketones is 1. The fourth-order valence-electron chi connectivity index (χ4n) is 5.44. The first-order valence-electron chi connectivity index (χ1n) is 13.6. The first-order chi connectivity index (χ1) is 19.8. The monoisotopic (exact) mass is 553 g/mol. The summed E-state index contributed by atoms with van der Waals surface area (Å²) < 4.78 is 6.79. The molecule has 9 heteroatoms. The Morgan fingerprint density at radius 2 is 1.51 bits per heavy atom. The van der Waals surface area contributed by atoms with Gasteiger partial charge < -0.3 is 24.7 Å². The Labute approximate surface area is 240 Å². The number of nitrogens with one attached hydrogen (secondary N) is 1. The molecule has 0 aliphatic carbocycles. The van der Waals surface area contributed by atoms with Crippen molar-refractivity contribution in [2.24, 2.45) is 0 Å². The van der Waals surface area contributed by atoms with Gasteiger partial charge in [-0.1, -0.05) is 30.3 Å². The molecule has 0 radical (unpaired) electrons. The standard InChI is InChI=1S/C32H35N5O4/c1-21-19-22(2)33-27(20-21)36-17-15-35(16-18-36)26-13-11-25(12-14-26)34-31(39)30(38)29-28(24-9-7-6-8-10-24)23(3)32(40-4)37(29)41-5/h6-14,19-20H,15-18H2,1-5H3,(H,34,39). The minimum atomic E-state index is -0.761. The van der Waals surface area contributed by atoms with Crippen molar-refractivity contribution < 1.29 is 19.2 Å². The average molecular weight is 554 g/mol. The van der Waals surface area contributed by atoms with Gasteiger partial charge in [-0.3, -0.25) is 9.59 Å².